The summed E-state index contributed by atoms with van der Waals surface area (Å²) in [6.45, 7) is 2.34. The van der Waals surface area contributed by atoms with Crippen molar-refractivity contribution in [2.24, 2.45) is 0 Å². The summed E-state index contributed by atoms with van der Waals surface area (Å²) in [7, 11) is 0. The minimum absolute atomic E-state index is 0.210. The Kier molecular flexibility index (Phi) is 3.92. The lowest BCUT2D eigenvalue weighted by Gasteiger charge is -2.04. The van der Waals surface area contributed by atoms with Gasteiger partial charge in [0.25, 0.3) is 0 Å². The van der Waals surface area contributed by atoms with Crippen molar-refractivity contribution >= 4 is 11.8 Å². The molecule has 0 radical (unpaired) electrons. The maximum atomic E-state index is 11.9. The molecule has 21 heavy (non-hydrogen) atoms. The summed E-state index contributed by atoms with van der Waals surface area (Å²) < 4.78 is 6.64. The van der Waals surface area contributed by atoms with Crippen molar-refractivity contribution < 1.29 is 4.52 Å². The number of nitrogens with one attached hydrogen (secondary N) is 1. The number of benzene rings is 1. The number of H-pyrrole nitrogens is 1. The van der Waals surface area contributed by atoms with Gasteiger partial charge in [0.1, 0.15) is 5.76 Å². The largest absolute Gasteiger partial charge is 0.361 e. The molecular weight excluding hydrogens is 288 g/mol. The van der Waals surface area contributed by atoms with Gasteiger partial charge < -0.3 is 4.52 Å². The average Bonchev–Trinajstić information content (AvgIpc) is 3.06. The van der Waals surface area contributed by atoms with Crippen LogP contribution in [0.4, 0.5) is 0 Å². The van der Waals surface area contributed by atoms with Crippen LogP contribution in [0.1, 0.15) is 17.0 Å². The number of hydrogen-bond donors (Lipinski definition) is 1. The first-order valence-electron chi connectivity index (χ1n) is 6.46. The monoisotopic (exact) mass is 302 g/mol. The van der Waals surface area contributed by atoms with E-state index in [-0.39, 0.29) is 5.69 Å². The summed E-state index contributed by atoms with van der Waals surface area (Å²) in [5.41, 5.74) is 1.68. The van der Waals surface area contributed by atoms with E-state index in [9.17, 15) is 4.79 Å². The van der Waals surface area contributed by atoms with Crippen LogP contribution in [0.15, 0.2) is 50.9 Å². The van der Waals surface area contributed by atoms with Gasteiger partial charge in [-0.2, -0.15) is 0 Å². The standard InChI is InChI=1S/C14H14N4O2S/c1-10-7-12(17-20-10)9-21-14-16-15-13(19)18(14)8-11-5-3-2-4-6-11/h2-7H,8-9H2,1H3,(H,15,19). The van der Waals surface area contributed by atoms with Gasteiger partial charge in [0.05, 0.1) is 12.2 Å². The fourth-order valence-electron chi connectivity index (χ4n) is 1.94. The molecule has 1 N–H and O–H groups in total. The third-order valence-electron chi connectivity index (χ3n) is 2.93. The van der Waals surface area contributed by atoms with Crippen LogP contribution < -0.4 is 5.69 Å². The Labute approximate surface area is 125 Å². The number of nitrogens with zero attached hydrogens (tertiary/aromatic N) is 3. The number of aryl methyl sites for hydroxylation is 1. The van der Waals surface area contributed by atoms with E-state index in [4.69, 9.17) is 4.52 Å². The molecule has 0 saturated heterocycles. The van der Waals surface area contributed by atoms with Crippen molar-refractivity contribution in [3.8, 4) is 0 Å². The van der Waals surface area contributed by atoms with Crippen LogP contribution >= 0.6 is 11.8 Å². The molecule has 0 saturated carbocycles. The van der Waals surface area contributed by atoms with Gasteiger partial charge in [-0.25, -0.2) is 9.89 Å². The molecule has 2 heterocycles. The lowest BCUT2D eigenvalue weighted by molar-refractivity contribution is 0.393. The third kappa shape index (κ3) is 3.25. The molecule has 2 aromatic heterocycles. The van der Waals surface area contributed by atoms with Gasteiger partial charge in [-0.05, 0) is 12.5 Å². The molecule has 0 aliphatic carbocycles. The predicted octanol–water partition coefficient (Wildman–Crippen LogP) is 2.21. The molecule has 0 aliphatic heterocycles. The van der Waals surface area contributed by atoms with Gasteiger partial charge in [-0.1, -0.05) is 47.3 Å². The van der Waals surface area contributed by atoms with Gasteiger partial charge in [0.15, 0.2) is 5.16 Å². The van der Waals surface area contributed by atoms with Gasteiger partial charge in [-0.3, -0.25) is 4.57 Å². The van der Waals surface area contributed by atoms with Crippen molar-refractivity contribution in [1.29, 1.82) is 0 Å². The lowest BCUT2D eigenvalue weighted by Crippen LogP contribution is -2.18. The molecule has 108 valence electrons. The summed E-state index contributed by atoms with van der Waals surface area (Å²) in [6, 6.07) is 11.7. The molecule has 7 heteroatoms. The zero-order valence-electron chi connectivity index (χ0n) is 11.4. The van der Waals surface area contributed by atoms with Crippen LogP contribution in [-0.2, 0) is 12.3 Å². The highest BCUT2D eigenvalue weighted by Crippen LogP contribution is 2.20. The Balaban J connectivity index is 1.75. The highest BCUT2D eigenvalue weighted by Gasteiger charge is 2.11. The normalized spacial score (nSPS) is 10.9. The quantitative estimate of drug-likeness (QED) is 0.731. The number of aromatic nitrogens is 4. The van der Waals surface area contributed by atoms with E-state index >= 15 is 0 Å². The molecule has 0 aliphatic rings. The average molecular weight is 302 g/mol. The molecule has 0 fully saturated rings. The highest BCUT2D eigenvalue weighted by molar-refractivity contribution is 7.98. The molecule has 1 aromatic carbocycles. The zero-order chi connectivity index (χ0) is 14.7. The lowest BCUT2D eigenvalue weighted by atomic mass is 10.2. The Morgan fingerprint density at radius 2 is 2.14 bits per heavy atom. The third-order valence-corrected chi connectivity index (χ3v) is 3.94. The van der Waals surface area contributed by atoms with Crippen LogP contribution in [0.3, 0.4) is 0 Å². The topological polar surface area (TPSA) is 76.7 Å². The number of thioether (sulfide) groups is 1. The number of aromatic amines is 1. The van der Waals surface area contributed by atoms with Crippen LogP contribution in [-0.4, -0.2) is 19.9 Å². The van der Waals surface area contributed by atoms with Crippen LogP contribution in [0.25, 0.3) is 0 Å². The van der Waals surface area contributed by atoms with Crippen LogP contribution in [0.5, 0.6) is 0 Å². The van der Waals surface area contributed by atoms with Gasteiger partial charge in [0, 0.05) is 11.8 Å². The zero-order valence-corrected chi connectivity index (χ0v) is 12.3. The van der Waals surface area contributed by atoms with Crippen LogP contribution in [0, 0.1) is 6.92 Å². The second-order valence-electron chi connectivity index (χ2n) is 4.60. The second kappa shape index (κ2) is 6.01. The molecule has 3 rings (SSSR count). The Bertz CT molecular complexity index is 776. The van der Waals surface area contributed by atoms with Crippen molar-refractivity contribution in [2.45, 2.75) is 24.4 Å². The van der Waals surface area contributed by atoms with E-state index in [2.05, 4.69) is 15.4 Å². The number of hydrogen-bond acceptors (Lipinski definition) is 5. The van der Waals surface area contributed by atoms with Crippen molar-refractivity contribution in [3.05, 3.63) is 63.9 Å². The van der Waals surface area contributed by atoms with Gasteiger partial charge in [-0.15, -0.1) is 5.10 Å². The van der Waals surface area contributed by atoms with Gasteiger partial charge >= 0.3 is 5.69 Å². The first-order chi connectivity index (χ1) is 10.2. The smallest absolute Gasteiger partial charge is 0.344 e. The van der Waals surface area contributed by atoms with E-state index in [1.165, 1.54) is 11.8 Å². The fourth-order valence-corrected chi connectivity index (χ4v) is 2.77. The van der Waals surface area contributed by atoms with E-state index in [0.29, 0.717) is 17.5 Å². The summed E-state index contributed by atoms with van der Waals surface area (Å²) in [4.78, 5) is 11.9. The first-order valence-corrected chi connectivity index (χ1v) is 7.45. The first kappa shape index (κ1) is 13.7. The van der Waals surface area contributed by atoms with E-state index in [1.807, 2.05) is 43.3 Å². The second-order valence-corrected chi connectivity index (χ2v) is 5.54. The van der Waals surface area contributed by atoms with Gasteiger partial charge in [0.2, 0.25) is 0 Å². The molecule has 0 amide bonds. The Morgan fingerprint density at radius 1 is 1.33 bits per heavy atom. The molecular formula is C14H14N4O2S. The Hall–Kier alpha value is -2.28. The minimum atomic E-state index is -0.210. The predicted molar refractivity (Wildman–Crippen MR) is 79.2 cm³/mol. The maximum absolute atomic E-state index is 11.9. The molecule has 3 aromatic rings. The number of rotatable bonds is 5. The SMILES string of the molecule is Cc1cc(CSc2n[nH]c(=O)n2Cc2ccccc2)no1. The molecule has 0 bridgehead atoms. The maximum Gasteiger partial charge on any atom is 0.344 e. The highest BCUT2D eigenvalue weighted by atomic mass is 32.2. The molecule has 6 nitrogen and oxygen atoms in total. The van der Waals surface area contributed by atoms with E-state index < -0.39 is 0 Å². The summed E-state index contributed by atoms with van der Waals surface area (Å²) in [5, 5.41) is 11.1. The Morgan fingerprint density at radius 3 is 2.86 bits per heavy atom. The van der Waals surface area contributed by atoms with Crippen molar-refractivity contribution in [1.82, 2.24) is 19.9 Å². The summed E-state index contributed by atoms with van der Waals surface area (Å²) >= 11 is 1.45. The molecule has 0 atom stereocenters. The van der Waals surface area contributed by atoms with E-state index in [0.717, 1.165) is 17.0 Å². The van der Waals surface area contributed by atoms with E-state index in [1.54, 1.807) is 4.57 Å². The van der Waals surface area contributed by atoms with Crippen molar-refractivity contribution in [2.75, 3.05) is 0 Å². The molecule has 0 spiro atoms. The minimum Gasteiger partial charge on any atom is -0.361 e. The fraction of sp³-hybridized carbons (Fsp3) is 0.214. The molecule has 0 unspecified atom stereocenters. The van der Waals surface area contributed by atoms with Crippen LogP contribution in [0.2, 0.25) is 0 Å². The summed E-state index contributed by atoms with van der Waals surface area (Å²) in [5.74, 6) is 1.38. The summed E-state index contributed by atoms with van der Waals surface area (Å²) in [6.07, 6.45) is 0. The van der Waals surface area contributed by atoms with Crippen molar-refractivity contribution in [3.63, 3.8) is 0 Å².